The van der Waals surface area contributed by atoms with Crippen molar-refractivity contribution in [2.75, 3.05) is 19.7 Å². The molecule has 2 atom stereocenters. The summed E-state index contributed by atoms with van der Waals surface area (Å²) in [5.74, 6) is 1.92. The third-order valence-electron chi connectivity index (χ3n) is 4.51. The van der Waals surface area contributed by atoms with Gasteiger partial charge >= 0.3 is 0 Å². The number of morpholine rings is 1. The third kappa shape index (κ3) is 3.48. The van der Waals surface area contributed by atoms with Crippen LogP contribution in [0.5, 0.6) is 0 Å². The van der Waals surface area contributed by atoms with Gasteiger partial charge in [0.2, 0.25) is 0 Å². The van der Waals surface area contributed by atoms with Crippen molar-refractivity contribution in [1.29, 1.82) is 5.26 Å². The minimum Gasteiger partial charge on any atom is -0.368 e. The number of hydrogen-bond acceptors (Lipinski definition) is 5. The second-order valence-corrected chi connectivity index (χ2v) is 6.50. The fourth-order valence-electron chi connectivity index (χ4n) is 2.92. The number of nitriles is 1. The smallest absolute Gasteiger partial charge is 0.155 e. The standard InChI is InChI=1S/C18H23N5O/c1-12(2)17-20-18(22-21-17)16-11-23(8-9-24-16)13(3)15-6-4-14(10-19)5-7-15/h4-7,12-13,16H,8-9,11H2,1-3H3,(H,20,21,22)/t13-,16-/m0/s1. The van der Waals surface area contributed by atoms with Gasteiger partial charge in [-0.1, -0.05) is 26.0 Å². The Morgan fingerprint density at radius 1 is 1.29 bits per heavy atom. The molecule has 0 bridgehead atoms. The number of hydrogen-bond donors (Lipinski definition) is 1. The topological polar surface area (TPSA) is 77.8 Å². The Kier molecular flexibility index (Phi) is 4.93. The molecule has 0 radical (unpaired) electrons. The maximum atomic E-state index is 8.92. The Labute approximate surface area is 142 Å². The molecule has 6 heteroatoms. The highest BCUT2D eigenvalue weighted by atomic mass is 16.5. The first-order chi connectivity index (χ1) is 11.6. The first-order valence-electron chi connectivity index (χ1n) is 8.36. The van der Waals surface area contributed by atoms with Crippen LogP contribution >= 0.6 is 0 Å². The van der Waals surface area contributed by atoms with Crippen LogP contribution in [-0.4, -0.2) is 39.8 Å². The van der Waals surface area contributed by atoms with Gasteiger partial charge in [0.25, 0.3) is 0 Å². The number of aromatic amines is 1. The summed E-state index contributed by atoms with van der Waals surface area (Å²) in [4.78, 5) is 6.95. The normalized spacial score (nSPS) is 20.0. The minimum absolute atomic E-state index is 0.0837. The number of benzene rings is 1. The molecule has 1 saturated heterocycles. The maximum absolute atomic E-state index is 8.92. The molecule has 1 N–H and O–H groups in total. The lowest BCUT2D eigenvalue weighted by atomic mass is 10.0. The van der Waals surface area contributed by atoms with E-state index in [9.17, 15) is 0 Å². The molecule has 1 aliphatic rings. The van der Waals surface area contributed by atoms with Gasteiger partial charge < -0.3 is 4.74 Å². The molecule has 0 saturated carbocycles. The van der Waals surface area contributed by atoms with E-state index in [2.05, 4.69) is 46.9 Å². The molecular formula is C18H23N5O. The van der Waals surface area contributed by atoms with Crippen LogP contribution < -0.4 is 0 Å². The molecular weight excluding hydrogens is 302 g/mol. The molecule has 2 heterocycles. The van der Waals surface area contributed by atoms with E-state index in [1.807, 2.05) is 24.3 Å². The number of nitrogens with zero attached hydrogens (tertiary/aromatic N) is 4. The van der Waals surface area contributed by atoms with Gasteiger partial charge in [0.05, 0.1) is 18.2 Å². The Hall–Kier alpha value is -2.23. The average Bonchev–Trinajstić information content (AvgIpc) is 3.12. The van der Waals surface area contributed by atoms with Gasteiger partial charge in [-0.05, 0) is 24.6 Å². The first-order valence-corrected chi connectivity index (χ1v) is 8.36. The van der Waals surface area contributed by atoms with Crippen LogP contribution in [0.25, 0.3) is 0 Å². The molecule has 1 aliphatic heterocycles. The van der Waals surface area contributed by atoms with E-state index in [0.717, 1.165) is 24.7 Å². The average molecular weight is 325 g/mol. The zero-order valence-electron chi connectivity index (χ0n) is 14.4. The first kappa shape index (κ1) is 16.6. The Bertz CT molecular complexity index is 716. The van der Waals surface area contributed by atoms with E-state index in [1.54, 1.807) is 0 Å². The van der Waals surface area contributed by atoms with Crippen LogP contribution in [0.4, 0.5) is 0 Å². The van der Waals surface area contributed by atoms with E-state index >= 15 is 0 Å². The van der Waals surface area contributed by atoms with Crippen LogP contribution in [0.2, 0.25) is 0 Å². The van der Waals surface area contributed by atoms with Gasteiger partial charge in [-0.3, -0.25) is 10.00 Å². The summed E-state index contributed by atoms with van der Waals surface area (Å²) in [7, 11) is 0. The molecule has 1 aromatic heterocycles. The number of rotatable bonds is 4. The van der Waals surface area contributed by atoms with Crippen LogP contribution in [0.15, 0.2) is 24.3 Å². The lowest BCUT2D eigenvalue weighted by molar-refractivity contribution is -0.0470. The molecule has 24 heavy (non-hydrogen) atoms. The quantitative estimate of drug-likeness (QED) is 0.935. The van der Waals surface area contributed by atoms with E-state index in [4.69, 9.17) is 10.00 Å². The summed E-state index contributed by atoms with van der Waals surface area (Å²) in [6, 6.07) is 10.2. The van der Waals surface area contributed by atoms with E-state index < -0.39 is 0 Å². The largest absolute Gasteiger partial charge is 0.368 e. The van der Waals surface area contributed by atoms with Gasteiger partial charge in [-0.15, -0.1) is 0 Å². The van der Waals surface area contributed by atoms with Crippen molar-refractivity contribution in [3.8, 4) is 6.07 Å². The molecule has 0 aliphatic carbocycles. The maximum Gasteiger partial charge on any atom is 0.155 e. The molecule has 0 amide bonds. The Morgan fingerprint density at radius 2 is 2.04 bits per heavy atom. The monoisotopic (exact) mass is 325 g/mol. The molecule has 126 valence electrons. The molecule has 3 rings (SSSR count). The lowest BCUT2D eigenvalue weighted by Crippen LogP contribution is -2.40. The number of aromatic nitrogens is 3. The fraction of sp³-hybridized carbons (Fsp3) is 0.500. The Morgan fingerprint density at radius 3 is 2.67 bits per heavy atom. The highest BCUT2D eigenvalue weighted by Gasteiger charge is 2.28. The van der Waals surface area contributed by atoms with E-state index in [0.29, 0.717) is 18.1 Å². The van der Waals surface area contributed by atoms with Crippen LogP contribution in [0.3, 0.4) is 0 Å². The van der Waals surface area contributed by atoms with Gasteiger partial charge in [-0.2, -0.15) is 10.4 Å². The molecule has 0 unspecified atom stereocenters. The van der Waals surface area contributed by atoms with Crippen LogP contribution in [0, 0.1) is 11.3 Å². The van der Waals surface area contributed by atoms with Crippen LogP contribution in [0.1, 0.15) is 61.6 Å². The fourth-order valence-corrected chi connectivity index (χ4v) is 2.92. The summed E-state index contributed by atoms with van der Waals surface area (Å²) in [5.41, 5.74) is 1.89. The van der Waals surface area contributed by atoms with Crippen molar-refractivity contribution in [2.24, 2.45) is 0 Å². The Balaban J connectivity index is 1.71. The number of H-pyrrole nitrogens is 1. The minimum atomic E-state index is -0.0837. The number of ether oxygens (including phenoxy) is 1. The van der Waals surface area contributed by atoms with Crippen molar-refractivity contribution in [2.45, 2.75) is 38.8 Å². The third-order valence-corrected chi connectivity index (χ3v) is 4.51. The van der Waals surface area contributed by atoms with E-state index in [1.165, 1.54) is 5.56 Å². The lowest BCUT2D eigenvalue weighted by Gasteiger charge is -2.36. The second kappa shape index (κ2) is 7.12. The molecule has 1 fully saturated rings. The van der Waals surface area contributed by atoms with Gasteiger partial charge in [0, 0.05) is 25.0 Å². The number of nitrogens with one attached hydrogen (secondary N) is 1. The molecule has 0 spiro atoms. The van der Waals surface area contributed by atoms with Crippen molar-refractivity contribution in [3.63, 3.8) is 0 Å². The van der Waals surface area contributed by atoms with Gasteiger partial charge in [-0.25, -0.2) is 4.98 Å². The van der Waals surface area contributed by atoms with Crippen molar-refractivity contribution in [3.05, 3.63) is 47.0 Å². The second-order valence-electron chi connectivity index (χ2n) is 6.50. The highest BCUT2D eigenvalue weighted by molar-refractivity contribution is 5.32. The summed E-state index contributed by atoms with van der Waals surface area (Å²) in [6.45, 7) is 8.66. The zero-order valence-corrected chi connectivity index (χ0v) is 14.4. The summed E-state index contributed by atoms with van der Waals surface area (Å²) >= 11 is 0. The predicted molar refractivity (Wildman–Crippen MR) is 90.3 cm³/mol. The van der Waals surface area contributed by atoms with Gasteiger partial charge in [0.1, 0.15) is 6.10 Å². The zero-order chi connectivity index (χ0) is 17.1. The SMILES string of the molecule is CC(C)c1n[nH]c([C@@H]2CN([C@@H](C)c3ccc(C#N)cc3)CCO2)n1. The van der Waals surface area contributed by atoms with E-state index in [-0.39, 0.29) is 12.1 Å². The molecule has 6 nitrogen and oxygen atoms in total. The predicted octanol–water partition coefficient (Wildman–Crippen LogP) is 2.93. The summed E-state index contributed by atoms with van der Waals surface area (Å²) in [6.07, 6.45) is -0.0837. The molecule has 1 aromatic carbocycles. The summed E-state index contributed by atoms with van der Waals surface area (Å²) in [5, 5.41) is 16.2. The van der Waals surface area contributed by atoms with Crippen molar-refractivity contribution >= 4 is 0 Å². The highest BCUT2D eigenvalue weighted by Crippen LogP contribution is 2.27. The summed E-state index contributed by atoms with van der Waals surface area (Å²) < 4.78 is 5.89. The van der Waals surface area contributed by atoms with Crippen molar-refractivity contribution in [1.82, 2.24) is 20.1 Å². The van der Waals surface area contributed by atoms with Gasteiger partial charge in [0.15, 0.2) is 11.6 Å². The van der Waals surface area contributed by atoms with Crippen LogP contribution in [-0.2, 0) is 4.74 Å². The van der Waals surface area contributed by atoms with Crippen molar-refractivity contribution < 1.29 is 4.74 Å². The molecule has 2 aromatic rings.